The predicted octanol–water partition coefficient (Wildman–Crippen LogP) is 2.70. The van der Waals surface area contributed by atoms with Crippen LogP contribution in [0.25, 0.3) is 0 Å². The van der Waals surface area contributed by atoms with E-state index in [1.54, 1.807) is 0 Å². The van der Waals surface area contributed by atoms with Crippen molar-refractivity contribution in [1.29, 1.82) is 0 Å². The van der Waals surface area contributed by atoms with E-state index in [2.05, 4.69) is 28.5 Å². The normalized spacial score (nSPS) is 12.0. The van der Waals surface area contributed by atoms with Gasteiger partial charge in [0.15, 0.2) is 0 Å². The molecule has 0 aromatic heterocycles. The highest BCUT2D eigenvalue weighted by molar-refractivity contribution is 5.50. The molecule has 4 heteroatoms. The van der Waals surface area contributed by atoms with Gasteiger partial charge in [-0.05, 0) is 30.7 Å². The maximum atomic E-state index is 5.81. The average Bonchev–Trinajstić information content (AvgIpc) is 2.50. The van der Waals surface area contributed by atoms with Crippen molar-refractivity contribution < 1.29 is 4.74 Å². The van der Waals surface area contributed by atoms with Crippen molar-refractivity contribution in [2.24, 2.45) is 5.84 Å². The number of ether oxygens (including phenoxy) is 1. The number of hydrazine groups is 1. The maximum Gasteiger partial charge on any atom is 0.124 e. The van der Waals surface area contributed by atoms with Crippen molar-refractivity contribution in [3.63, 3.8) is 0 Å². The van der Waals surface area contributed by atoms with E-state index in [1.165, 1.54) is 0 Å². The fraction of sp³-hybridized carbons (Fsp3) is 0.294. The lowest BCUT2D eigenvalue weighted by molar-refractivity contribution is 0.333. The standard InChI is InChI=1S/C17H23N3O/c1-4-21-16-11-6-5-10-15(16)17(19-18)13-8-7-9-14(12-13)20(2)3/h5-12,17,19H,4,18H2,1-3H3. The Morgan fingerprint density at radius 2 is 1.90 bits per heavy atom. The van der Waals surface area contributed by atoms with Crippen LogP contribution in [-0.2, 0) is 0 Å². The second kappa shape index (κ2) is 7.11. The molecule has 21 heavy (non-hydrogen) atoms. The number of hydrogen-bond donors (Lipinski definition) is 2. The van der Waals surface area contributed by atoms with Crippen molar-refractivity contribution in [1.82, 2.24) is 5.43 Å². The van der Waals surface area contributed by atoms with Crippen LogP contribution < -0.4 is 20.9 Å². The van der Waals surface area contributed by atoms with E-state index in [0.717, 1.165) is 22.6 Å². The van der Waals surface area contributed by atoms with Crippen molar-refractivity contribution in [3.05, 3.63) is 59.7 Å². The summed E-state index contributed by atoms with van der Waals surface area (Å²) in [7, 11) is 4.05. The summed E-state index contributed by atoms with van der Waals surface area (Å²) >= 11 is 0. The Morgan fingerprint density at radius 3 is 2.57 bits per heavy atom. The molecule has 0 aliphatic rings. The Morgan fingerprint density at radius 1 is 1.14 bits per heavy atom. The highest BCUT2D eigenvalue weighted by atomic mass is 16.5. The van der Waals surface area contributed by atoms with Crippen LogP contribution >= 0.6 is 0 Å². The number of anilines is 1. The number of benzene rings is 2. The average molecular weight is 285 g/mol. The zero-order chi connectivity index (χ0) is 15.2. The highest BCUT2D eigenvalue weighted by Gasteiger charge is 2.17. The van der Waals surface area contributed by atoms with Crippen LogP contribution in [-0.4, -0.2) is 20.7 Å². The number of nitrogens with two attached hydrogens (primary N) is 1. The fourth-order valence-corrected chi connectivity index (χ4v) is 2.35. The van der Waals surface area contributed by atoms with Gasteiger partial charge in [0.25, 0.3) is 0 Å². The number of para-hydroxylation sites is 1. The Hall–Kier alpha value is -2.04. The van der Waals surface area contributed by atoms with E-state index in [4.69, 9.17) is 10.6 Å². The molecule has 2 aromatic rings. The molecule has 0 saturated carbocycles. The van der Waals surface area contributed by atoms with Gasteiger partial charge in [0.2, 0.25) is 0 Å². The quantitative estimate of drug-likeness (QED) is 0.633. The number of nitrogens with zero attached hydrogens (tertiary/aromatic N) is 1. The Kier molecular flexibility index (Phi) is 5.20. The van der Waals surface area contributed by atoms with Crippen LogP contribution in [0.1, 0.15) is 24.1 Å². The molecule has 0 fully saturated rings. The predicted molar refractivity (Wildman–Crippen MR) is 87.5 cm³/mol. The van der Waals surface area contributed by atoms with Gasteiger partial charge >= 0.3 is 0 Å². The van der Waals surface area contributed by atoms with Gasteiger partial charge in [0.05, 0.1) is 12.6 Å². The first kappa shape index (κ1) is 15.4. The van der Waals surface area contributed by atoms with E-state index in [9.17, 15) is 0 Å². The smallest absolute Gasteiger partial charge is 0.124 e. The molecule has 2 aromatic carbocycles. The monoisotopic (exact) mass is 285 g/mol. The third-order valence-corrected chi connectivity index (χ3v) is 3.42. The molecule has 112 valence electrons. The van der Waals surface area contributed by atoms with Gasteiger partial charge < -0.3 is 9.64 Å². The second-order valence-corrected chi connectivity index (χ2v) is 5.06. The molecule has 1 unspecified atom stereocenters. The van der Waals surface area contributed by atoms with Gasteiger partial charge in [-0.2, -0.15) is 0 Å². The summed E-state index contributed by atoms with van der Waals surface area (Å²) in [6.45, 7) is 2.61. The number of rotatable bonds is 6. The first-order chi connectivity index (χ1) is 10.2. The largest absolute Gasteiger partial charge is 0.494 e. The topological polar surface area (TPSA) is 50.5 Å². The van der Waals surface area contributed by atoms with E-state index >= 15 is 0 Å². The SMILES string of the molecule is CCOc1ccccc1C(NN)c1cccc(N(C)C)c1. The molecule has 0 heterocycles. The van der Waals surface area contributed by atoms with Crippen molar-refractivity contribution in [3.8, 4) is 5.75 Å². The molecule has 4 nitrogen and oxygen atoms in total. The minimum absolute atomic E-state index is 0.104. The van der Waals surface area contributed by atoms with Gasteiger partial charge in [-0.15, -0.1) is 0 Å². The van der Waals surface area contributed by atoms with Crippen molar-refractivity contribution >= 4 is 5.69 Å². The molecule has 2 rings (SSSR count). The Labute approximate surface area is 126 Å². The van der Waals surface area contributed by atoms with E-state index in [0.29, 0.717) is 6.61 Å². The summed E-state index contributed by atoms with van der Waals surface area (Å²) in [5.41, 5.74) is 6.19. The Bertz CT molecular complexity index is 584. The van der Waals surface area contributed by atoms with Crippen LogP contribution in [0.3, 0.4) is 0 Å². The first-order valence-corrected chi connectivity index (χ1v) is 7.12. The lowest BCUT2D eigenvalue weighted by Gasteiger charge is -2.22. The van der Waals surface area contributed by atoms with Crippen LogP contribution in [0.15, 0.2) is 48.5 Å². The number of nitrogens with one attached hydrogen (secondary N) is 1. The molecule has 0 aliphatic heterocycles. The summed E-state index contributed by atoms with van der Waals surface area (Å²) < 4.78 is 5.71. The minimum atomic E-state index is -0.104. The molecule has 0 saturated heterocycles. The van der Waals surface area contributed by atoms with Crippen molar-refractivity contribution in [2.45, 2.75) is 13.0 Å². The second-order valence-electron chi connectivity index (χ2n) is 5.06. The summed E-state index contributed by atoms with van der Waals surface area (Å²) in [4.78, 5) is 2.07. The molecule has 1 atom stereocenters. The zero-order valence-corrected chi connectivity index (χ0v) is 12.8. The molecular weight excluding hydrogens is 262 g/mol. The molecule has 0 aliphatic carbocycles. The minimum Gasteiger partial charge on any atom is -0.494 e. The fourth-order valence-electron chi connectivity index (χ4n) is 2.35. The summed E-state index contributed by atoms with van der Waals surface area (Å²) in [6.07, 6.45) is 0. The van der Waals surface area contributed by atoms with Gasteiger partial charge in [-0.1, -0.05) is 30.3 Å². The summed E-state index contributed by atoms with van der Waals surface area (Å²) in [5.74, 6) is 6.67. The lowest BCUT2D eigenvalue weighted by Crippen LogP contribution is -2.29. The highest BCUT2D eigenvalue weighted by Crippen LogP contribution is 2.31. The third kappa shape index (κ3) is 3.54. The molecule has 0 radical (unpaired) electrons. The first-order valence-electron chi connectivity index (χ1n) is 7.12. The van der Waals surface area contributed by atoms with Gasteiger partial charge in [-0.25, -0.2) is 5.43 Å². The van der Waals surface area contributed by atoms with Crippen LogP contribution in [0.5, 0.6) is 5.75 Å². The molecule has 0 amide bonds. The van der Waals surface area contributed by atoms with Gasteiger partial charge in [0, 0.05) is 25.3 Å². The maximum absolute atomic E-state index is 5.81. The van der Waals surface area contributed by atoms with Crippen molar-refractivity contribution in [2.75, 3.05) is 25.6 Å². The third-order valence-electron chi connectivity index (χ3n) is 3.42. The zero-order valence-electron chi connectivity index (χ0n) is 12.8. The van der Waals surface area contributed by atoms with E-state index < -0.39 is 0 Å². The van der Waals surface area contributed by atoms with Gasteiger partial charge in [-0.3, -0.25) is 5.84 Å². The lowest BCUT2D eigenvalue weighted by atomic mass is 9.98. The van der Waals surface area contributed by atoms with E-state index in [-0.39, 0.29) is 6.04 Å². The molecular formula is C17H23N3O. The molecule has 3 N–H and O–H groups in total. The summed E-state index contributed by atoms with van der Waals surface area (Å²) in [6, 6.07) is 16.2. The molecule has 0 spiro atoms. The van der Waals surface area contributed by atoms with Crippen LogP contribution in [0, 0.1) is 0 Å². The number of hydrogen-bond acceptors (Lipinski definition) is 4. The van der Waals surface area contributed by atoms with Gasteiger partial charge in [0.1, 0.15) is 5.75 Å². The van der Waals surface area contributed by atoms with E-state index in [1.807, 2.05) is 51.4 Å². The Balaban J connectivity index is 2.42. The summed E-state index contributed by atoms with van der Waals surface area (Å²) in [5, 5.41) is 0. The molecule has 0 bridgehead atoms. The van der Waals surface area contributed by atoms with Crippen LogP contribution in [0.2, 0.25) is 0 Å². The van der Waals surface area contributed by atoms with Crippen LogP contribution in [0.4, 0.5) is 5.69 Å².